The predicted octanol–water partition coefficient (Wildman–Crippen LogP) is 3.08. The lowest BCUT2D eigenvalue weighted by Crippen LogP contribution is -2.39. The van der Waals surface area contributed by atoms with Gasteiger partial charge in [0.05, 0.1) is 30.9 Å². The summed E-state index contributed by atoms with van der Waals surface area (Å²) in [5.41, 5.74) is 1.44. The molecule has 21 heavy (non-hydrogen) atoms. The molecule has 1 fully saturated rings. The van der Waals surface area contributed by atoms with Crippen LogP contribution in [-0.2, 0) is 9.57 Å². The third kappa shape index (κ3) is 1.93. The standard InChI is InChI=1S/C16H22BrNO3/c1-20-18-8-10-6-11(19)7-12-15(10)16(13(17)9-18)5-3-2-4-14(16)21-12/h9-11,14,19H,2-8H2,1H3/t10-,11+,14?,16?/m0/s1. The second-order valence-electron chi connectivity index (χ2n) is 6.71. The number of hydroxylamine groups is 2. The zero-order valence-corrected chi connectivity index (χ0v) is 13.9. The first-order valence-electron chi connectivity index (χ1n) is 7.92. The zero-order chi connectivity index (χ0) is 14.6. The molecule has 2 aliphatic heterocycles. The molecule has 2 unspecified atom stereocenters. The van der Waals surface area contributed by atoms with Crippen LogP contribution in [0, 0.1) is 11.3 Å². The molecule has 4 nitrogen and oxygen atoms in total. The quantitative estimate of drug-likeness (QED) is 0.784. The molecule has 2 aliphatic carbocycles. The van der Waals surface area contributed by atoms with Crippen molar-refractivity contribution in [2.24, 2.45) is 11.3 Å². The SMILES string of the molecule is CON1C=C(Br)C23CCCCC2OC2=C3[C@@H](C[C@@H](O)C2)C1. The van der Waals surface area contributed by atoms with E-state index < -0.39 is 0 Å². The number of aliphatic hydroxyl groups is 1. The van der Waals surface area contributed by atoms with Crippen molar-refractivity contribution in [1.29, 1.82) is 0 Å². The highest BCUT2D eigenvalue weighted by molar-refractivity contribution is 9.11. The third-order valence-electron chi connectivity index (χ3n) is 5.61. The van der Waals surface area contributed by atoms with Crippen LogP contribution in [0.1, 0.15) is 38.5 Å². The van der Waals surface area contributed by atoms with E-state index in [0.29, 0.717) is 12.3 Å². The first-order chi connectivity index (χ1) is 10.1. The lowest BCUT2D eigenvalue weighted by Gasteiger charge is -2.41. The number of hydrogen-bond acceptors (Lipinski definition) is 4. The molecule has 0 saturated heterocycles. The maximum absolute atomic E-state index is 10.2. The van der Waals surface area contributed by atoms with Crippen molar-refractivity contribution in [2.45, 2.75) is 50.7 Å². The van der Waals surface area contributed by atoms with Crippen LogP contribution in [-0.4, -0.2) is 36.0 Å². The van der Waals surface area contributed by atoms with Gasteiger partial charge < -0.3 is 9.84 Å². The molecule has 1 saturated carbocycles. The second kappa shape index (κ2) is 5.00. The first-order valence-corrected chi connectivity index (χ1v) is 8.71. The van der Waals surface area contributed by atoms with Gasteiger partial charge in [0.2, 0.25) is 0 Å². The van der Waals surface area contributed by atoms with Gasteiger partial charge in [-0.25, -0.2) is 0 Å². The third-order valence-corrected chi connectivity index (χ3v) is 6.52. The van der Waals surface area contributed by atoms with Gasteiger partial charge >= 0.3 is 0 Å². The molecule has 2 heterocycles. The monoisotopic (exact) mass is 355 g/mol. The largest absolute Gasteiger partial charge is 0.493 e. The minimum absolute atomic E-state index is 0.00826. The fourth-order valence-electron chi connectivity index (χ4n) is 4.79. The number of hydrogen-bond donors (Lipinski definition) is 1. The number of aliphatic hydroxyl groups excluding tert-OH is 1. The van der Waals surface area contributed by atoms with Gasteiger partial charge in [-0.05, 0) is 31.3 Å². The predicted molar refractivity (Wildman–Crippen MR) is 82.3 cm³/mol. The molecule has 4 atom stereocenters. The molecular weight excluding hydrogens is 334 g/mol. The van der Waals surface area contributed by atoms with E-state index in [2.05, 4.69) is 22.1 Å². The van der Waals surface area contributed by atoms with E-state index in [4.69, 9.17) is 9.57 Å². The lowest BCUT2D eigenvalue weighted by atomic mass is 9.63. The highest BCUT2D eigenvalue weighted by Gasteiger charge is 2.57. The molecule has 1 N–H and O–H groups in total. The summed E-state index contributed by atoms with van der Waals surface area (Å²) in [5, 5.41) is 12.1. The molecule has 0 aromatic carbocycles. The van der Waals surface area contributed by atoms with Crippen molar-refractivity contribution < 1.29 is 14.7 Å². The molecule has 116 valence electrons. The topological polar surface area (TPSA) is 41.9 Å². The van der Waals surface area contributed by atoms with Gasteiger partial charge in [-0.15, -0.1) is 0 Å². The number of nitrogens with zero attached hydrogens (tertiary/aromatic N) is 1. The summed E-state index contributed by atoms with van der Waals surface area (Å²) < 4.78 is 7.51. The van der Waals surface area contributed by atoms with Gasteiger partial charge in [-0.1, -0.05) is 22.4 Å². The van der Waals surface area contributed by atoms with Crippen molar-refractivity contribution in [3.05, 3.63) is 22.0 Å². The minimum Gasteiger partial charge on any atom is -0.493 e. The van der Waals surface area contributed by atoms with Gasteiger partial charge in [-0.3, -0.25) is 9.90 Å². The average molecular weight is 356 g/mol. The fraction of sp³-hybridized carbons (Fsp3) is 0.750. The fourth-order valence-corrected chi connectivity index (χ4v) is 5.69. The van der Waals surface area contributed by atoms with E-state index in [1.807, 2.05) is 5.06 Å². The van der Waals surface area contributed by atoms with Gasteiger partial charge in [0.1, 0.15) is 6.10 Å². The normalized spacial score (nSPS) is 42.0. The van der Waals surface area contributed by atoms with Crippen molar-refractivity contribution in [2.75, 3.05) is 13.7 Å². The van der Waals surface area contributed by atoms with Gasteiger partial charge in [0.15, 0.2) is 0 Å². The van der Waals surface area contributed by atoms with Crippen LogP contribution in [0.5, 0.6) is 0 Å². The Bertz CT molecular complexity index is 518. The number of rotatable bonds is 1. The van der Waals surface area contributed by atoms with Gasteiger partial charge in [0.25, 0.3) is 0 Å². The first kappa shape index (κ1) is 14.1. The van der Waals surface area contributed by atoms with E-state index in [9.17, 15) is 5.11 Å². The van der Waals surface area contributed by atoms with E-state index in [1.165, 1.54) is 22.9 Å². The van der Waals surface area contributed by atoms with Crippen LogP contribution in [0.4, 0.5) is 0 Å². The molecule has 0 amide bonds. The van der Waals surface area contributed by atoms with Crippen LogP contribution in [0.25, 0.3) is 0 Å². The Kier molecular flexibility index (Phi) is 3.36. The van der Waals surface area contributed by atoms with Crippen molar-refractivity contribution in [3.63, 3.8) is 0 Å². The van der Waals surface area contributed by atoms with Crippen molar-refractivity contribution >= 4 is 15.9 Å². The molecule has 0 bridgehead atoms. The highest BCUT2D eigenvalue weighted by atomic mass is 79.9. The summed E-state index contributed by atoms with van der Waals surface area (Å²) in [7, 11) is 1.71. The Morgan fingerprint density at radius 3 is 3.14 bits per heavy atom. The maximum atomic E-state index is 10.2. The van der Waals surface area contributed by atoms with Gasteiger partial charge in [0, 0.05) is 23.0 Å². The van der Waals surface area contributed by atoms with Crippen LogP contribution in [0.15, 0.2) is 22.0 Å². The number of ether oxygens (including phenoxy) is 1. The number of halogens is 1. The van der Waals surface area contributed by atoms with Crippen LogP contribution < -0.4 is 0 Å². The van der Waals surface area contributed by atoms with E-state index in [0.717, 1.165) is 31.6 Å². The summed E-state index contributed by atoms with van der Waals surface area (Å²) in [6.07, 6.45) is 8.22. The van der Waals surface area contributed by atoms with Gasteiger partial charge in [-0.2, -0.15) is 0 Å². The Morgan fingerprint density at radius 2 is 2.33 bits per heavy atom. The Labute approximate surface area is 133 Å². The molecule has 5 heteroatoms. The molecule has 0 aromatic rings. The molecule has 1 spiro atoms. The zero-order valence-electron chi connectivity index (χ0n) is 12.3. The van der Waals surface area contributed by atoms with Crippen molar-refractivity contribution in [3.8, 4) is 0 Å². The molecule has 0 aromatic heterocycles. The second-order valence-corrected chi connectivity index (χ2v) is 7.56. The Balaban J connectivity index is 1.86. The summed E-state index contributed by atoms with van der Waals surface area (Å²) >= 11 is 3.85. The minimum atomic E-state index is -0.290. The summed E-state index contributed by atoms with van der Waals surface area (Å²) in [6.45, 7) is 0.791. The average Bonchev–Trinajstić information content (AvgIpc) is 2.75. The van der Waals surface area contributed by atoms with Crippen molar-refractivity contribution in [1.82, 2.24) is 5.06 Å². The lowest BCUT2D eigenvalue weighted by molar-refractivity contribution is -0.0968. The van der Waals surface area contributed by atoms with E-state index in [1.54, 1.807) is 7.11 Å². The van der Waals surface area contributed by atoms with E-state index in [-0.39, 0.29) is 17.6 Å². The molecular formula is C16H22BrNO3. The maximum Gasteiger partial charge on any atom is 0.112 e. The Hall–Kier alpha value is -0.520. The summed E-state index contributed by atoms with van der Waals surface area (Å²) in [5.74, 6) is 1.38. The van der Waals surface area contributed by atoms with E-state index >= 15 is 0 Å². The van der Waals surface area contributed by atoms with Crippen LogP contribution in [0.2, 0.25) is 0 Å². The summed E-state index contributed by atoms with van der Waals surface area (Å²) in [6, 6.07) is 0. The smallest absolute Gasteiger partial charge is 0.112 e. The van der Waals surface area contributed by atoms with Crippen LogP contribution in [0.3, 0.4) is 0 Å². The summed E-state index contributed by atoms with van der Waals surface area (Å²) in [4.78, 5) is 5.49. The Morgan fingerprint density at radius 1 is 1.48 bits per heavy atom. The van der Waals surface area contributed by atoms with Crippen LogP contribution >= 0.6 is 15.9 Å². The highest BCUT2D eigenvalue weighted by Crippen LogP contribution is 2.62. The molecule has 4 rings (SSSR count). The molecule has 0 radical (unpaired) electrons. The molecule has 4 aliphatic rings.